The third-order valence-electron chi connectivity index (χ3n) is 7.50. The second kappa shape index (κ2) is 7.84. The van der Waals surface area contributed by atoms with Gasteiger partial charge in [-0.1, -0.05) is 52.4 Å². The summed E-state index contributed by atoms with van der Waals surface area (Å²) in [5.41, 5.74) is -0.0280. The van der Waals surface area contributed by atoms with E-state index in [1.807, 2.05) is 25.0 Å². The molecule has 2 unspecified atom stereocenters. The summed E-state index contributed by atoms with van der Waals surface area (Å²) in [6.07, 6.45) is 23.1. The molecular weight excluding hydrogens is 348 g/mol. The molecule has 28 heavy (non-hydrogen) atoms. The second-order valence-electron chi connectivity index (χ2n) is 9.66. The van der Waals surface area contributed by atoms with Crippen LogP contribution in [0.3, 0.4) is 0 Å². The first-order chi connectivity index (χ1) is 13.5. The van der Waals surface area contributed by atoms with Crippen molar-refractivity contribution in [1.82, 2.24) is 19.1 Å². The Labute approximate surface area is 168 Å². The quantitative estimate of drug-likeness (QED) is 0.675. The maximum atomic E-state index is 14.4. The van der Waals surface area contributed by atoms with Gasteiger partial charge >= 0.3 is 0 Å². The fourth-order valence-corrected chi connectivity index (χ4v) is 5.96. The number of ketones is 1. The van der Waals surface area contributed by atoms with E-state index >= 15 is 0 Å². The molecule has 2 saturated carbocycles. The first-order valence-electron chi connectivity index (χ1n) is 11.0. The predicted octanol–water partition coefficient (Wildman–Crippen LogP) is 5.37. The summed E-state index contributed by atoms with van der Waals surface area (Å²) in [5.74, 6) is 0.338. The van der Waals surface area contributed by atoms with E-state index in [4.69, 9.17) is 0 Å². The fraction of sp³-hybridized carbons (Fsp3) is 0.696. The number of hydrogen-bond donors (Lipinski definition) is 0. The van der Waals surface area contributed by atoms with Gasteiger partial charge < -0.3 is 9.13 Å². The number of carbonyl (C=O) groups is 1. The standard InChI is InChI=1S/C23H34N4O/c1-22(9-5-3-6-10-22)20(26-15-13-24-17-26)19(28)21(27-16-14-25-18-27)23(2)11-7-4-8-12-23/h13-18,20-21H,3-12H2,1-2H3. The van der Waals surface area contributed by atoms with Gasteiger partial charge in [0.1, 0.15) is 12.1 Å². The van der Waals surface area contributed by atoms with Crippen LogP contribution in [-0.2, 0) is 4.79 Å². The van der Waals surface area contributed by atoms with Crippen LogP contribution < -0.4 is 0 Å². The largest absolute Gasteiger partial charge is 0.326 e. The van der Waals surface area contributed by atoms with Crippen molar-refractivity contribution < 1.29 is 4.79 Å². The summed E-state index contributed by atoms with van der Waals surface area (Å²) in [4.78, 5) is 22.9. The summed E-state index contributed by atoms with van der Waals surface area (Å²) in [6.45, 7) is 4.64. The van der Waals surface area contributed by atoms with E-state index in [9.17, 15) is 4.79 Å². The topological polar surface area (TPSA) is 52.7 Å². The van der Waals surface area contributed by atoms with Gasteiger partial charge in [0.25, 0.3) is 0 Å². The molecule has 0 bridgehead atoms. The molecule has 2 aliphatic carbocycles. The van der Waals surface area contributed by atoms with E-state index in [0.29, 0.717) is 5.78 Å². The lowest BCUT2D eigenvalue weighted by Gasteiger charge is -2.46. The van der Waals surface area contributed by atoms with E-state index in [-0.39, 0.29) is 22.9 Å². The van der Waals surface area contributed by atoms with E-state index < -0.39 is 0 Å². The Morgan fingerprint density at radius 3 is 1.46 bits per heavy atom. The first-order valence-corrected chi connectivity index (χ1v) is 11.0. The van der Waals surface area contributed by atoms with Crippen molar-refractivity contribution in [2.45, 2.75) is 90.1 Å². The van der Waals surface area contributed by atoms with Crippen molar-refractivity contribution in [2.24, 2.45) is 10.8 Å². The number of nitrogens with zero attached hydrogens (tertiary/aromatic N) is 4. The Kier molecular flexibility index (Phi) is 5.44. The molecule has 2 aliphatic rings. The molecule has 2 heterocycles. The van der Waals surface area contributed by atoms with Crippen LogP contribution in [0.2, 0.25) is 0 Å². The van der Waals surface area contributed by atoms with Crippen molar-refractivity contribution in [1.29, 1.82) is 0 Å². The third kappa shape index (κ3) is 3.56. The van der Waals surface area contributed by atoms with Crippen LogP contribution in [0.1, 0.15) is 90.1 Å². The van der Waals surface area contributed by atoms with Crippen molar-refractivity contribution in [3.8, 4) is 0 Å². The van der Waals surface area contributed by atoms with Crippen molar-refractivity contribution in [2.75, 3.05) is 0 Å². The minimum atomic E-state index is -0.165. The Bertz CT molecular complexity index is 688. The lowest BCUT2D eigenvalue weighted by Crippen LogP contribution is -2.45. The Morgan fingerprint density at radius 2 is 1.14 bits per heavy atom. The SMILES string of the molecule is CC1(C(C(=O)C(n2ccnc2)C2(C)CCCCC2)n2ccnc2)CCCCC1. The number of rotatable bonds is 6. The van der Waals surface area contributed by atoms with Gasteiger partial charge in [0.05, 0.1) is 12.7 Å². The summed E-state index contributed by atoms with van der Waals surface area (Å²) < 4.78 is 4.17. The molecule has 2 aromatic heterocycles. The van der Waals surface area contributed by atoms with Gasteiger partial charge in [-0.05, 0) is 36.5 Å². The van der Waals surface area contributed by atoms with Gasteiger partial charge in [-0.15, -0.1) is 0 Å². The van der Waals surface area contributed by atoms with Gasteiger partial charge in [-0.2, -0.15) is 0 Å². The lowest BCUT2D eigenvalue weighted by atomic mass is 9.63. The number of Topliss-reactive ketones (excluding diaryl/α,β-unsaturated/α-hetero) is 1. The normalized spacial score (nSPS) is 23.8. The summed E-state index contributed by atoms with van der Waals surface area (Å²) in [6, 6.07) is -0.331. The highest BCUT2D eigenvalue weighted by molar-refractivity contribution is 5.88. The zero-order valence-corrected chi connectivity index (χ0v) is 17.4. The lowest BCUT2D eigenvalue weighted by molar-refractivity contribution is -0.134. The van der Waals surface area contributed by atoms with Crippen molar-refractivity contribution >= 4 is 5.78 Å². The third-order valence-corrected chi connectivity index (χ3v) is 7.50. The molecule has 152 valence electrons. The molecule has 2 fully saturated rings. The van der Waals surface area contributed by atoms with E-state index in [1.165, 1.54) is 38.5 Å². The Hall–Kier alpha value is -1.91. The summed E-state index contributed by atoms with van der Waals surface area (Å²) in [7, 11) is 0. The number of carbonyl (C=O) groups excluding carboxylic acids is 1. The van der Waals surface area contributed by atoms with Crippen LogP contribution in [0.5, 0.6) is 0 Å². The van der Waals surface area contributed by atoms with E-state index in [1.54, 1.807) is 12.4 Å². The van der Waals surface area contributed by atoms with Crippen molar-refractivity contribution in [3.63, 3.8) is 0 Å². The molecule has 0 aromatic carbocycles. The highest BCUT2D eigenvalue weighted by Gasteiger charge is 2.49. The van der Waals surface area contributed by atoms with Crippen LogP contribution in [0.25, 0.3) is 0 Å². The zero-order valence-electron chi connectivity index (χ0n) is 17.4. The van der Waals surface area contributed by atoms with Crippen LogP contribution in [-0.4, -0.2) is 24.9 Å². The smallest absolute Gasteiger partial charge is 0.179 e. The van der Waals surface area contributed by atoms with Gasteiger partial charge in [0.15, 0.2) is 5.78 Å². The molecule has 0 aliphatic heterocycles. The van der Waals surface area contributed by atoms with Crippen LogP contribution >= 0.6 is 0 Å². The molecule has 0 amide bonds. The fourth-order valence-electron chi connectivity index (χ4n) is 5.96. The number of imidazole rings is 2. The molecule has 4 rings (SSSR count). The molecule has 0 radical (unpaired) electrons. The van der Waals surface area contributed by atoms with Crippen LogP contribution in [0.4, 0.5) is 0 Å². The van der Waals surface area contributed by atoms with Gasteiger partial charge in [-0.25, -0.2) is 9.97 Å². The second-order valence-corrected chi connectivity index (χ2v) is 9.66. The van der Waals surface area contributed by atoms with Gasteiger partial charge in [0.2, 0.25) is 0 Å². The van der Waals surface area contributed by atoms with E-state index in [2.05, 4.69) is 32.9 Å². The molecule has 5 heteroatoms. The summed E-state index contributed by atoms with van der Waals surface area (Å²) >= 11 is 0. The molecule has 0 N–H and O–H groups in total. The van der Waals surface area contributed by atoms with Gasteiger partial charge in [-0.3, -0.25) is 4.79 Å². The van der Waals surface area contributed by atoms with Gasteiger partial charge in [0, 0.05) is 24.8 Å². The molecule has 0 spiro atoms. The average Bonchev–Trinajstić information content (AvgIpc) is 3.37. The molecule has 2 atom stereocenters. The summed E-state index contributed by atoms with van der Waals surface area (Å²) in [5, 5.41) is 0. The average molecular weight is 383 g/mol. The zero-order chi connectivity index (χ0) is 19.6. The molecule has 2 aromatic rings. The predicted molar refractivity (Wildman–Crippen MR) is 110 cm³/mol. The highest BCUT2D eigenvalue weighted by atomic mass is 16.1. The van der Waals surface area contributed by atoms with Crippen molar-refractivity contribution in [3.05, 3.63) is 37.4 Å². The Morgan fingerprint density at radius 1 is 0.750 bits per heavy atom. The van der Waals surface area contributed by atoms with Crippen LogP contribution in [0.15, 0.2) is 37.4 Å². The highest BCUT2D eigenvalue weighted by Crippen LogP contribution is 2.51. The molecular formula is C23H34N4O. The Balaban J connectivity index is 1.76. The monoisotopic (exact) mass is 382 g/mol. The minimum absolute atomic E-state index is 0.0140. The van der Waals surface area contributed by atoms with E-state index in [0.717, 1.165) is 25.7 Å². The number of hydrogen-bond acceptors (Lipinski definition) is 3. The maximum absolute atomic E-state index is 14.4. The number of aromatic nitrogens is 4. The first kappa shape index (κ1) is 19.4. The van der Waals surface area contributed by atoms with Crippen LogP contribution in [0, 0.1) is 10.8 Å². The molecule has 5 nitrogen and oxygen atoms in total. The minimum Gasteiger partial charge on any atom is -0.326 e. The molecule has 0 saturated heterocycles. The maximum Gasteiger partial charge on any atom is 0.179 e.